The second kappa shape index (κ2) is 5.04. The van der Waals surface area contributed by atoms with Gasteiger partial charge in [-0.05, 0) is 39.5 Å². The SMILES string of the molecule is C[C@H]1CCN(C(=O)OC(C)(C)C)CC[C@H]1N. The Bertz CT molecular complexity index is 236. The lowest BCUT2D eigenvalue weighted by Gasteiger charge is -2.26. The average Bonchev–Trinajstić information content (AvgIpc) is 2.28. The normalized spacial score (nSPS) is 27.4. The van der Waals surface area contributed by atoms with E-state index < -0.39 is 5.60 Å². The van der Waals surface area contributed by atoms with Gasteiger partial charge in [-0.1, -0.05) is 6.92 Å². The molecule has 0 aromatic heterocycles. The van der Waals surface area contributed by atoms with Gasteiger partial charge in [0.2, 0.25) is 0 Å². The molecule has 1 rings (SSSR count). The maximum absolute atomic E-state index is 11.8. The number of rotatable bonds is 0. The Kier molecular flexibility index (Phi) is 4.19. The van der Waals surface area contributed by atoms with Gasteiger partial charge in [0, 0.05) is 19.1 Å². The summed E-state index contributed by atoms with van der Waals surface area (Å²) in [6, 6.07) is 0.201. The van der Waals surface area contributed by atoms with Crippen molar-refractivity contribution in [2.45, 2.75) is 52.2 Å². The molecule has 0 aliphatic carbocycles. The average molecular weight is 228 g/mol. The van der Waals surface area contributed by atoms with Gasteiger partial charge in [-0.2, -0.15) is 0 Å². The highest BCUT2D eigenvalue weighted by Crippen LogP contribution is 2.18. The van der Waals surface area contributed by atoms with Crippen LogP contribution in [0.2, 0.25) is 0 Å². The number of carbonyl (C=O) groups excluding carboxylic acids is 1. The molecule has 0 spiro atoms. The van der Waals surface area contributed by atoms with Crippen molar-refractivity contribution < 1.29 is 9.53 Å². The van der Waals surface area contributed by atoms with Gasteiger partial charge in [-0.3, -0.25) is 0 Å². The van der Waals surface area contributed by atoms with Crippen molar-refractivity contribution in [2.75, 3.05) is 13.1 Å². The Labute approximate surface area is 98.1 Å². The van der Waals surface area contributed by atoms with Crippen LogP contribution >= 0.6 is 0 Å². The van der Waals surface area contributed by atoms with E-state index in [2.05, 4.69) is 6.92 Å². The zero-order chi connectivity index (χ0) is 12.3. The van der Waals surface area contributed by atoms with Crippen LogP contribution in [-0.4, -0.2) is 35.7 Å². The highest BCUT2D eigenvalue weighted by atomic mass is 16.6. The second-order valence-electron chi connectivity index (χ2n) is 5.69. The maximum atomic E-state index is 11.8. The third kappa shape index (κ3) is 4.00. The molecule has 1 saturated heterocycles. The first-order valence-corrected chi connectivity index (χ1v) is 6.03. The molecule has 4 heteroatoms. The van der Waals surface area contributed by atoms with E-state index in [1.807, 2.05) is 20.8 Å². The van der Waals surface area contributed by atoms with E-state index in [0.29, 0.717) is 12.5 Å². The van der Waals surface area contributed by atoms with Crippen LogP contribution < -0.4 is 5.73 Å². The highest BCUT2D eigenvalue weighted by Gasteiger charge is 2.26. The van der Waals surface area contributed by atoms with Crippen LogP contribution in [0.25, 0.3) is 0 Å². The predicted molar refractivity (Wildman–Crippen MR) is 64.2 cm³/mol. The number of amides is 1. The standard InChI is InChI=1S/C12H24N2O2/c1-9-5-7-14(8-6-10(9)13)11(15)16-12(2,3)4/h9-10H,5-8,13H2,1-4H3/t9-,10+/m0/s1. The summed E-state index contributed by atoms with van der Waals surface area (Å²) in [4.78, 5) is 13.6. The van der Waals surface area contributed by atoms with E-state index in [4.69, 9.17) is 10.5 Å². The number of nitrogens with zero attached hydrogens (tertiary/aromatic N) is 1. The first kappa shape index (κ1) is 13.3. The summed E-state index contributed by atoms with van der Waals surface area (Å²) in [7, 11) is 0. The monoisotopic (exact) mass is 228 g/mol. The Morgan fingerprint density at radius 2 is 1.88 bits per heavy atom. The molecule has 1 aliphatic rings. The lowest BCUT2D eigenvalue weighted by molar-refractivity contribution is 0.0255. The van der Waals surface area contributed by atoms with Gasteiger partial charge >= 0.3 is 6.09 Å². The molecule has 0 saturated carbocycles. The van der Waals surface area contributed by atoms with Crippen molar-refractivity contribution in [2.24, 2.45) is 11.7 Å². The van der Waals surface area contributed by atoms with E-state index in [-0.39, 0.29) is 12.1 Å². The molecule has 0 radical (unpaired) electrons. The quantitative estimate of drug-likeness (QED) is 0.689. The van der Waals surface area contributed by atoms with Crippen molar-refractivity contribution in [3.05, 3.63) is 0 Å². The minimum Gasteiger partial charge on any atom is -0.444 e. The fraction of sp³-hybridized carbons (Fsp3) is 0.917. The third-order valence-electron chi connectivity index (χ3n) is 2.97. The van der Waals surface area contributed by atoms with E-state index in [1.54, 1.807) is 4.90 Å². The smallest absolute Gasteiger partial charge is 0.410 e. The van der Waals surface area contributed by atoms with E-state index in [0.717, 1.165) is 19.4 Å². The maximum Gasteiger partial charge on any atom is 0.410 e. The van der Waals surface area contributed by atoms with E-state index in [9.17, 15) is 4.79 Å². The molecule has 1 aliphatic heterocycles. The Hall–Kier alpha value is -0.770. The van der Waals surface area contributed by atoms with Crippen molar-refractivity contribution in [3.63, 3.8) is 0 Å². The molecular weight excluding hydrogens is 204 g/mol. The molecule has 1 heterocycles. The molecule has 2 N–H and O–H groups in total. The minimum atomic E-state index is -0.420. The number of likely N-dealkylation sites (tertiary alicyclic amines) is 1. The van der Waals surface area contributed by atoms with Gasteiger partial charge in [0.05, 0.1) is 0 Å². The fourth-order valence-corrected chi connectivity index (χ4v) is 1.78. The molecule has 0 bridgehead atoms. The van der Waals surface area contributed by atoms with Gasteiger partial charge in [0.25, 0.3) is 0 Å². The highest BCUT2D eigenvalue weighted by molar-refractivity contribution is 5.68. The topological polar surface area (TPSA) is 55.6 Å². The number of hydrogen-bond donors (Lipinski definition) is 1. The van der Waals surface area contributed by atoms with Gasteiger partial charge in [-0.25, -0.2) is 4.79 Å². The summed E-state index contributed by atoms with van der Waals surface area (Å²) >= 11 is 0. The van der Waals surface area contributed by atoms with Gasteiger partial charge in [0.1, 0.15) is 5.60 Å². The molecule has 0 unspecified atom stereocenters. The van der Waals surface area contributed by atoms with Crippen LogP contribution in [0.5, 0.6) is 0 Å². The molecular formula is C12H24N2O2. The largest absolute Gasteiger partial charge is 0.444 e. The van der Waals surface area contributed by atoms with Crippen LogP contribution in [0.15, 0.2) is 0 Å². The molecule has 94 valence electrons. The molecule has 4 nitrogen and oxygen atoms in total. The van der Waals surface area contributed by atoms with Crippen molar-refractivity contribution in [1.29, 1.82) is 0 Å². The van der Waals surface area contributed by atoms with Gasteiger partial charge in [0.15, 0.2) is 0 Å². The molecule has 0 aromatic carbocycles. The Balaban J connectivity index is 2.51. The summed E-state index contributed by atoms with van der Waals surface area (Å²) in [5.74, 6) is 0.479. The fourth-order valence-electron chi connectivity index (χ4n) is 1.78. The van der Waals surface area contributed by atoms with Crippen LogP contribution in [0.4, 0.5) is 4.79 Å². The minimum absolute atomic E-state index is 0.201. The summed E-state index contributed by atoms with van der Waals surface area (Å²) < 4.78 is 5.35. The van der Waals surface area contributed by atoms with Crippen LogP contribution in [-0.2, 0) is 4.74 Å². The summed E-state index contributed by atoms with van der Waals surface area (Å²) in [6.45, 7) is 9.26. The zero-order valence-corrected chi connectivity index (χ0v) is 10.8. The summed E-state index contributed by atoms with van der Waals surface area (Å²) in [5.41, 5.74) is 5.57. The van der Waals surface area contributed by atoms with Crippen molar-refractivity contribution >= 4 is 6.09 Å². The van der Waals surface area contributed by atoms with Crippen LogP contribution in [0, 0.1) is 5.92 Å². The molecule has 1 amide bonds. The van der Waals surface area contributed by atoms with E-state index in [1.165, 1.54) is 0 Å². The number of nitrogens with two attached hydrogens (primary N) is 1. The molecule has 0 aromatic rings. The molecule has 1 fully saturated rings. The third-order valence-corrected chi connectivity index (χ3v) is 2.97. The first-order chi connectivity index (χ1) is 7.29. The Morgan fingerprint density at radius 1 is 1.31 bits per heavy atom. The van der Waals surface area contributed by atoms with Crippen molar-refractivity contribution in [1.82, 2.24) is 4.90 Å². The van der Waals surface area contributed by atoms with E-state index >= 15 is 0 Å². The number of hydrogen-bond acceptors (Lipinski definition) is 3. The lowest BCUT2D eigenvalue weighted by Crippen LogP contribution is -2.37. The molecule has 2 atom stereocenters. The zero-order valence-electron chi connectivity index (χ0n) is 10.8. The Morgan fingerprint density at radius 3 is 2.44 bits per heavy atom. The lowest BCUT2D eigenvalue weighted by atomic mass is 9.98. The second-order valence-corrected chi connectivity index (χ2v) is 5.69. The van der Waals surface area contributed by atoms with Crippen LogP contribution in [0.3, 0.4) is 0 Å². The predicted octanol–water partition coefficient (Wildman–Crippen LogP) is 1.98. The van der Waals surface area contributed by atoms with Crippen molar-refractivity contribution in [3.8, 4) is 0 Å². The number of carbonyl (C=O) groups is 1. The first-order valence-electron chi connectivity index (χ1n) is 6.03. The van der Waals surface area contributed by atoms with Gasteiger partial charge in [-0.15, -0.1) is 0 Å². The molecule has 16 heavy (non-hydrogen) atoms. The summed E-state index contributed by atoms with van der Waals surface area (Å²) in [6.07, 6.45) is 1.61. The number of ether oxygens (including phenoxy) is 1. The van der Waals surface area contributed by atoms with Gasteiger partial charge < -0.3 is 15.4 Å². The van der Waals surface area contributed by atoms with Crippen LogP contribution in [0.1, 0.15) is 40.5 Å². The summed E-state index contributed by atoms with van der Waals surface area (Å²) in [5, 5.41) is 0.